The lowest BCUT2D eigenvalue weighted by Crippen LogP contribution is -2.14. The van der Waals surface area contributed by atoms with E-state index >= 15 is 0 Å². The van der Waals surface area contributed by atoms with Crippen LogP contribution in [-0.2, 0) is 4.79 Å². The largest absolute Gasteiger partial charge is 0.490 e. The van der Waals surface area contributed by atoms with Crippen molar-refractivity contribution in [2.45, 2.75) is 13.3 Å². The average molecular weight is 344 g/mol. The molecule has 2 N–H and O–H groups in total. The van der Waals surface area contributed by atoms with Crippen LogP contribution in [-0.4, -0.2) is 25.0 Å². The van der Waals surface area contributed by atoms with Crippen molar-refractivity contribution in [1.82, 2.24) is 0 Å². The first kappa shape index (κ1) is 16.8. The standard InChI is InChI=1S/C18H17FN2O4/c1-11(22)20-15-9-12(3-5-14(15)19)18(23)21-13-4-6-16-17(10-13)25-8-2-7-24-16/h3-6,9-10H,2,7-8H2,1H3,(H,20,22)(H,21,23). The summed E-state index contributed by atoms with van der Waals surface area (Å²) in [6, 6.07) is 8.87. The van der Waals surface area contributed by atoms with Crippen molar-refractivity contribution < 1.29 is 23.5 Å². The molecular weight excluding hydrogens is 327 g/mol. The molecule has 0 atom stereocenters. The molecule has 0 saturated heterocycles. The third kappa shape index (κ3) is 4.06. The van der Waals surface area contributed by atoms with E-state index in [0.29, 0.717) is 30.4 Å². The molecule has 0 bridgehead atoms. The normalized spacial score (nSPS) is 12.9. The number of halogens is 1. The first-order valence-corrected chi connectivity index (χ1v) is 7.81. The van der Waals surface area contributed by atoms with Gasteiger partial charge in [0.25, 0.3) is 5.91 Å². The van der Waals surface area contributed by atoms with E-state index in [1.54, 1.807) is 18.2 Å². The minimum absolute atomic E-state index is 0.0428. The van der Waals surface area contributed by atoms with Crippen LogP contribution >= 0.6 is 0 Å². The first-order chi connectivity index (χ1) is 12.0. The third-order valence-corrected chi connectivity index (χ3v) is 3.54. The fourth-order valence-corrected chi connectivity index (χ4v) is 2.40. The molecule has 1 aliphatic rings. The Bertz CT molecular complexity index is 823. The van der Waals surface area contributed by atoms with Gasteiger partial charge in [0.05, 0.1) is 18.9 Å². The molecule has 0 spiro atoms. The lowest BCUT2D eigenvalue weighted by molar-refractivity contribution is -0.114. The molecule has 3 rings (SSSR count). The Labute approximate surface area is 143 Å². The Morgan fingerprint density at radius 1 is 1.00 bits per heavy atom. The van der Waals surface area contributed by atoms with Crippen molar-refractivity contribution in [2.75, 3.05) is 23.8 Å². The second kappa shape index (κ2) is 7.21. The van der Waals surface area contributed by atoms with Crippen molar-refractivity contribution in [2.24, 2.45) is 0 Å². The molecule has 130 valence electrons. The van der Waals surface area contributed by atoms with E-state index in [-0.39, 0.29) is 11.3 Å². The van der Waals surface area contributed by atoms with Crippen molar-refractivity contribution in [3.05, 3.63) is 47.8 Å². The zero-order valence-corrected chi connectivity index (χ0v) is 13.6. The van der Waals surface area contributed by atoms with Crippen molar-refractivity contribution in [3.63, 3.8) is 0 Å². The van der Waals surface area contributed by atoms with E-state index in [4.69, 9.17) is 9.47 Å². The fraction of sp³-hybridized carbons (Fsp3) is 0.222. The molecule has 0 saturated carbocycles. The highest BCUT2D eigenvalue weighted by molar-refractivity contribution is 6.05. The van der Waals surface area contributed by atoms with E-state index in [0.717, 1.165) is 12.5 Å². The Balaban J connectivity index is 1.78. The topological polar surface area (TPSA) is 76.7 Å². The van der Waals surface area contributed by atoms with Gasteiger partial charge in [0.1, 0.15) is 5.82 Å². The maximum absolute atomic E-state index is 13.7. The summed E-state index contributed by atoms with van der Waals surface area (Å²) in [5.74, 6) is -0.263. The summed E-state index contributed by atoms with van der Waals surface area (Å²) < 4.78 is 24.8. The molecule has 0 unspecified atom stereocenters. The number of benzene rings is 2. The highest BCUT2D eigenvalue weighted by Gasteiger charge is 2.14. The van der Waals surface area contributed by atoms with Crippen molar-refractivity contribution >= 4 is 23.2 Å². The van der Waals surface area contributed by atoms with Gasteiger partial charge in [-0.05, 0) is 30.3 Å². The van der Waals surface area contributed by atoms with Crippen LogP contribution in [0.1, 0.15) is 23.7 Å². The minimum atomic E-state index is -0.609. The van der Waals surface area contributed by atoms with Crippen LogP contribution in [0.2, 0.25) is 0 Å². The highest BCUT2D eigenvalue weighted by atomic mass is 19.1. The number of hydrogen-bond donors (Lipinski definition) is 2. The Morgan fingerprint density at radius 2 is 1.76 bits per heavy atom. The molecule has 6 nitrogen and oxygen atoms in total. The number of amides is 2. The van der Waals surface area contributed by atoms with Crippen LogP contribution < -0.4 is 20.1 Å². The zero-order valence-electron chi connectivity index (χ0n) is 13.6. The van der Waals surface area contributed by atoms with Gasteiger partial charge in [-0.3, -0.25) is 9.59 Å². The van der Waals surface area contributed by atoms with Crippen LogP contribution in [0, 0.1) is 5.82 Å². The van der Waals surface area contributed by atoms with Gasteiger partial charge in [0, 0.05) is 30.7 Å². The number of anilines is 2. The number of nitrogens with one attached hydrogen (secondary N) is 2. The summed E-state index contributed by atoms with van der Waals surface area (Å²) in [5, 5.41) is 5.07. The molecule has 7 heteroatoms. The molecule has 0 aliphatic carbocycles. The lowest BCUT2D eigenvalue weighted by Gasteiger charge is -2.11. The zero-order chi connectivity index (χ0) is 17.8. The summed E-state index contributed by atoms with van der Waals surface area (Å²) >= 11 is 0. The predicted molar refractivity (Wildman–Crippen MR) is 90.7 cm³/mol. The SMILES string of the molecule is CC(=O)Nc1cc(C(=O)Nc2ccc3c(c2)OCCCO3)ccc1F. The van der Waals surface area contributed by atoms with Gasteiger partial charge >= 0.3 is 0 Å². The van der Waals surface area contributed by atoms with Crippen LogP contribution in [0.3, 0.4) is 0 Å². The smallest absolute Gasteiger partial charge is 0.255 e. The first-order valence-electron chi connectivity index (χ1n) is 7.81. The average Bonchev–Trinajstić information content (AvgIpc) is 2.81. The second-order valence-corrected chi connectivity index (χ2v) is 5.54. The van der Waals surface area contributed by atoms with Crippen LogP contribution in [0.15, 0.2) is 36.4 Å². The maximum atomic E-state index is 13.7. The number of fused-ring (bicyclic) bond motifs is 1. The summed E-state index contributed by atoms with van der Waals surface area (Å²) in [7, 11) is 0. The van der Waals surface area contributed by atoms with Crippen LogP contribution in [0.4, 0.5) is 15.8 Å². The van der Waals surface area contributed by atoms with E-state index in [9.17, 15) is 14.0 Å². The summed E-state index contributed by atoms with van der Waals surface area (Å²) in [6.07, 6.45) is 0.790. The highest BCUT2D eigenvalue weighted by Crippen LogP contribution is 2.32. The Morgan fingerprint density at radius 3 is 2.52 bits per heavy atom. The van der Waals surface area contributed by atoms with E-state index in [2.05, 4.69) is 10.6 Å². The summed E-state index contributed by atoms with van der Waals surface area (Å²) in [6.45, 7) is 2.40. The Hall–Kier alpha value is -3.09. The monoisotopic (exact) mass is 344 g/mol. The molecular formula is C18H17FN2O4. The summed E-state index contributed by atoms with van der Waals surface area (Å²) in [4.78, 5) is 23.5. The van der Waals surface area contributed by atoms with Gasteiger partial charge in [-0.25, -0.2) is 4.39 Å². The minimum Gasteiger partial charge on any atom is -0.490 e. The van der Waals surface area contributed by atoms with E-state index in [1.165, 1.54) is 19.1 Å². The summed E-state index contributed by atoms with van der Waals surface area (Å²) in [5.41, 5.74) is 0.704. The van der Waals surface area contributed by atoms with Gasteiger partial charge in [0.15, 0.2) is 11.5 Å². The van der Waals surface area contributed by atoms with Crippen molar-refractivity contribution in [3.8, 4) is 11.5 Å². The van der Waals surface area contributed by atoms with Crippen LogP contribution in [0.25, 0.3) is 0 Å². The molecule has 1 aliphatic heterocycles. The number of carbonyl (C=O) groups excluding carboxylic acids is 2. The van der Waals surface area contributed by atoms with E-state index in [1.807, 2.05) is 0 Å². The molecule has 2 amide bonds. The van der Waals surface area contributed by atoms with Gasteiger partial charge < -0.3 is 20.1 Å². The number of rotatable bonds is 3. The number of ether oxygens (including phenoxy) is 2. The van der Waals surface area contributed by atoms with Gasteiger partial charge in [-0.15, -0.1) is 0 Å². The number of carbonyl (C=O) groups is 2. The molecule has 1 heterocycles. The quantitative estimate of drug-likeness (QED) is 0.896. The predicted octanol–water partition coefficient (Wildman–Crippen LogP) is 3.20. The fourth-order valence-electron chi connectivity index (χ4n) is 2.40. The van der Waals surface area contributed by atoms with Gasteiger partial charge in [-0.2, -0.15) is 0 Å². The van der Waals surface area contributed by atoms with Gasteiger partial charge in [0.2, 0.25) is 5.91 Å². The lowest BCUT2D eigenvalue weighted by atomic mass is 10.1. The van der Waals surface area contributed by atoms with Crippen LogP contribution in [0.5, 0.6) is 11.5 Å². The van der Waals surface area contributed by atoms with E-state index < -0.39 is 17.6 Å². The van der Waals surface area contributed by atoms with Gasteiger partial charge in [-0.1, -0.05) is 0 Å². The second-order valence-electron chi connectivity index (χ2n) is 5.54. The Kier molecular flexibility index (Phi) is 4.83. The number of hydrogen-bond acceptors (Lipinski definition) is 4. The molecule has 2 aromatic rings. The third-order valence-electron chi connectivity index (χ3n) is 3.54. The molecule has 0 aromatic heterocycles. The van der Waals surface area contributed by atoms with Crippen molar-refractivity contribution in [1.29, 1.82) is 0 Å². The maximum Gasteiger partial charge on any atom is 0.255 e. The molecule has 0 radical (unpaired) electrons. The molecule has 0 fully saturated rings. The molecule has 25 heavy (non-hydrogen) atoms. The molecule has 2 aromatic carbocycles.